The summed E-state index contributed by atoms with van der Waals surface area (Å²) in [5.74, 6) is -1.24. The van der Waals surface area contributed by atoms with E-state index in [1.807, 2.05) is 0 Å². The summed E-state index contributed by atoms with van der Waals surface area (Å²) in [4.78, 5) is 0. The molecule has 0 saturated carbocycles. The number of nitrogens with one attached hydrogen (secondary N) is 1. The summed E-state index contributed by atoms with van der Waals surface area (Å²) in [7, 11) is 0. The lowest BCUT2D eigenvalue weighted by Crippen LogP contribution is -2.14. The van der Waals surface area contributed by atoms with Crippen molar-refractivity contribution in [2.24, 2.45) is 0 Å². The van der Waals surface area contributed by atoms with Gasteiger partial charge in [0.15, 0.2) is 0 Å². The molecule has 0 aromatic heterocycles. The van der Waals surface area contributed by atoms with Gasteiger partial charge < -0.3 is 5.32 Å². The van der Waals surface area contributed by atoms with Crippen LogP contribution in [-0.4, -0.2) is 0 Å². The Morgan fingerprint density at radius 1 is 0.833 bits per heavy atom. The van der Waals surface area contributed by atoms with Crippen LogP contribution in [0.2, 0.25) is 0 Å². The summed E-state index contributed by atoms with van der Waals surface area (Å²) in [5.41, 5.74) is 1.01. The van der Waals surface area contributed by atoms with Gasteiger partial charge in [0, 0.05) is 18.7 Å². The monoisotopic (exact) mass is 251 g/mol. The van der Waals surface area contributed by atoms with E-state index in [1.54, 1.807) is 12.1 Å². The third-order valence-corrected chi connectivity index (χ3v) is 2.54. The zero-order chi connectivity index (χ0) is 13.0. The topological polar surface area (TPSA) is 12.0 Å². The van der Waals surface area contributed by atoms with Gasteiger partial charge in [-0.25, -0.2) is 13.2 Å². The van der Waals surface area contributed by atoms with Gasteiger partial charge in [-0.3, -0.25) is 0 Å². The fraction of sp³-hybridized carbons (Fsp3) is 0.143. The molecule has 0 saturated heterocycles. The molecule has 0 heterocycles. The van der Waals surface area contributed by atoms with Crippen molar-refractivity contribution in [2.75, 3.05) is 0 Å². The molecule has 0 aliphatic heterocycles. The summed E-state index contributed by atoms with van der Waals surface area (Å²) in [6, 6.07) is 9.44. The summed E-state index contributed by atoms with van der Waals surface area (Å²) < 4.78 is 39.1. The number of hydrogen-bond acceptors (Lipinski definition) is 1. The summed E-state index contributed by atoms with van der Waals surface area (Å²) >= 11 is 0. The van der Waals surface area contributed by atoms with Gasteiger partial charge in [0.25, 0.3) is 0 Å². The zero-order valence-electron chi connectivity index (χ0n) is 9.59. The summed E-state index contributed by atoms with van der Waals surface area (Å²) in [6.45, 7) is 0.591. The first-order chi connectivity index (χ1) is 8.65. The van der Waals surface area contributed by atoms with Crippen LogP contribution < -0.4 is 5.32 Å². The van der Waals surface area contributed by atoms with Crippen LogP contribution in [0.3, 0.4) is 0 Å². The number of rotatable bonds is 4. The molecule has 0 aliphatic carbocycles. The largest absolute Gasteiger partial charge is 0.309 e. The van der Waals surface area contributed by atoms with Crippen molar-refractivity contribution in [1.29, 1.82) is 0 Å². The fourth-order valence-corrected chi connectivity index (χ4v) is 1.67. The lowest BCUT2D eigenvalue weighted by Gasteiger charge is -2.06. The van der Waals surface area contributed by atoms with E-state index in [0.29, 0.717) is 6.54 Å². The average molecular weight is 251 g/mol. The third-order valence-electron chi connectivity index (χ3n) is 2.54. The Morgan fingerprint density at radius 2 is 1.61 bits per heavy atom. The number of halogens is 3. The van der Waals surface area contributed by atoms with Crippen LogP contribution in [-0.2, 0) is 13.1 Å². The Morgan fingerprint density at radius 3 is 2.39 bits per heavy atom. The highest BCUT2D eigenvalue weighted by Crippen LogP contribution is 2.10. The van der Waals surface area contributed by atoms with Crippen LogP contribution in [0.4, 0.5) is 13.2 Å². The molecule has 0 bridgehead atoms. The Labute approximate surface area is 103 Å². The second-order valence-electron chi connectivity index (χ2n) is 3.97. The lowest BCUT2D eigenvalue weighted by atomic mass is 10.2. The van der Waals surface area contributed by atoms with Crippen molar-refractivity contribution in [3.8, 4) is 0 Å². The normalized spacial score (nSPS) is 10.6. The van der Waals surface area contributed by atoms with Gasteiger partial charge in [-0.2, -0.15) is 0 Å². The Hall–Kier alpha value is -1.81. The van der Waals surface area contributed by atoms with Crippen molar-refractivity contribution in [2.45, 2.75) is 13.1 Å². The summed E-state index contributed by atoms with van der Waals surface area (Å²) in [6.07, 6.45) is 0. The molecule has 0 atom stereocenters. The van der Waals surface area contributed by atoms with Crippen LogP contribution in [0.15, 0.2) is 42.5 Å². The molecule has 1 nitrogen and oxygen atoms in total. The number of benzene rings is 2. The molecule has 2 aromatic rings. The quantitative estimate of drug-likeness (QED) is 0.878. The molecule has 0 radical (unpaired) electrons. The average Bonchev–Trinajstić information content (AvgIpc) is 2.34. The van der Waals surface area contributed by atoms with Crippen molar-refractivity contribution < 1.29 is 13.2 Å². The maximum atomic E-state index is 13.3. The van der Waals surface area contributed by atoms with Gasteiger partial charge in [0.2, 0.25) is 0 Å². The Bertz CT molecular complexity index is 540. The smallest absolute Gasteiger partial charge is 0.127 e. The first-order valence-corrected chi connectivity index (χ1v) is 5.54. The lowest BCUT2D eigenvalue weighted by molar-refractivity contribution is 0.567. The number of hydrogen-bond donors (Lipinski definition) is 1. The maximum Gasteiger partial charge on any atom is 0.127 e. The standard InChI is InChI=1S/C14H12F3N/c15-12-3-1-2-10(6-12)8-18-9-11-7-13(16)4-5-14(11)17/h1-7,18H,8-9H2. The molecule has 0 aliphatic rings. The van der Waals surface area contributed by atoms with E-state index in [-0.39, 0.29) is 17.9 Å². The van der Waals surface area contributed by atoms with Gasteiger partial charge >= 0.3 is 0 Å². The highest BCUT2D eigenvalue weighted by Gasteiger charge is 2.03. The first-order valence-electron chi connectivity index (χ1n) is 5.54. The molecular weight excluding hydrogens is 239 g/mol. The third kappa shape index (κ3) is 3.34. The Balaban J connectivity index is 1.94. The van der Waals surface area contributed by atoms with Crippen molar-refractivity contribution in [3.63, 3.8) is 0 Å². The minimum Gasteiger partial charge on any atom is -0.309 e. The molecule has 18 heavy (non-hydrogen) atoms. The van der Waals surface area contributed by atoms with E-state index in [0.717, 1.165) is 23.8 Å². The molecule has 0 fully saturated rings. The van der Waals surface area contributed by atoms with Crippen LogP contribution in [0, 0.1) is 17.5 Å². The van der Waals surface area contributed by atoms with Gasteiger partial charge in [0.05, 0.1) is 0 Å². The predicted molar refractivity (Wildman–Crippen MR) is 63.3 cm³/mol. The highest BCUT2D eigenvalue weighted by molar-refractivity contribution is 5.19. The van der Waals surface area contributed by atoms with Crippen LogP contribution in [0.5, 0.6) is 0 Å². The van der Waals surface area contributed by atoms with E-state index in [1.165, 1.54) is 12.1 Å². The highest BCUT2D eigenvalue weighted by atomic mass is 19.1. The second kappa shape index (κ2) is 5.69. The zero-order valence-corrected chi connectivity index (χ0v) is 9.59. The van der Waals surface area contributed by atoms with Gasteiger partial charge in [-0.15, -0.1) is 0 Å². The fourth-order valence-electron chi connectivity index (χ4n) is 1.67. The van der Waals surface area contributed by atoms with E-state index >= 15 is 0 Å². The van der Waals surface area contributed by atoms with E-state index in [2.05, 4.69) is 5.32 Å². The summed E-state index contributed by atoms with van der Waals surface area (Å²) in [5, 5.41) is 2.94. The molecular formula is C14H12F3N. The van der Waals surface area contributed by atoms with Gasteiger partial charge in [-0.1, -0.05) is 12.1 Å². The van der Waals surface area contributed by atoms with Gasteiger partial charge in [0.1, 0.15) is 17.5 Å². The Kier molecular flexibility index (Phi) is 3.99. The SMILES string of the molecule is Fc1cccc(CNCc2cc(F)ccc2F)c1. The minimum atomic E-state index is -0.473. The predicted octanol–water partition coefficient (Wildman–Crippen LogP) is 3.39. The minimum absolute atomic E-state index is 0.195. The van der Waals surface area contributed by atoms with Crippen LogP contribution in [0.1, 0.15) is 11.1 Å². The van der Waals surface area contributed by atoms with Crippen molar-refractivity contribution in [3.05, 3.63) is 71.0 Å². The molecule has 1 N–H and O–H groups in total. The van der Waals surface area contributed by atoms with Gasteiger partial charge in [-0.05, 0) is 35.9 Å². The molecule has 2 aromatic carbocycles. The first kappa shape index (κ1) is 12.6. The van der Waals surface area contributed by atoms with Crippen LogP contribution >= 0.6 is 0 Å². The molecule has 2 rings (SSSR count). The molecule has 94 valence electrons. The molecule has 0 amide bonds. The molecule has 4 heteroatoms. The second-order valence-corrected chi connectivity index (χ2v) is 3.97. The van der Waals surface area contributed by atoms with E-state index < -0.39 is 11.6 Å². The van der Waals surface area contributed by atoms with E-state index in [9.17, 15) is 13.2 Å². The van der Waals surface area contributed by atoms with Crippen molar-refractivity contribution in [1.82, 2.24) is 5.32 Å². The van der Waals surface area contributed by atoms with Crippen LogP contribution in [0.25, 0.3) is 0 Å². The molecule has 0 unspecified atom stereocenters. The maximum absolute atomic E-state index is 13.3. The van der Waals surface area contributed by atoms with E-state index in [4.69, 9.17) is 0 Å². The van der Waals surface area contributed by atoms with Crippen molar-refractivity contribution >= 4 is 0 Å². The molecule has 0 spiro atoms.